The molecule has 2 aliphatic rings. The number of carbonyl (C=O) groups excluding carboxylic acids is 1. The number of hydrogen-bond donors (Lipinski definition) is 0. The van der Waals surface area contributed by atoms with Gasteiger partial charge in [-0.1, -0.05) is 5.16 Å². The van der Waals surface area contributed by atoms with Gasteiger partial charge in [-0.25, -0.2) is 0 Å². The molecule has 0 N–H and O–H groups in total. The van der Waals surface area contributed by atoms with Gasteiger partial charge in [-0.3, -0.25) is 9.78 Å². The first-order chi connectivity index (χ1) is 11.3. The Balaban J connectivity index is 1.57. The number of methoxy groups -OCH3 is 1. The van der Waals surface area contributed by atoms with Crippen LogP contribution in [0.4, 0.5) is 0 Å². The molecule has 4 rings (SSSR count). The van der Waals surface area contributed by atoms with Crippen LogP contribution in [-0.4, -0.2) is 39.6 Å². The number of pyridine rings is 1. The Morgan fingerprint density at radius 2 is 2.26 bits per heavy atom. The van der Waals surface area contributed by atoms with E-state index in [2.05, 4.69) is 15.1 Å². The van der Waals surface area contributed by atoms with Gasteiger partial charge in [0.15, 0.2) is 5.82 Å². The summed E-state index contributed by atoms with van der Waals surface area (Å²) in [6.45, 7) is 0.676. The van der Waals surface area contributed by atoms with Crippen molar-refractivity contribution in [1.82, 2.24) is 20.0 Å². The molecular formula is C16H18N4O3. The molecule has 1 aliphatic heterocycles. The lowest BCUT2D eigenvalue weighted by molar-refractivity contribution is 0.0722. The zero-order chi connectivity index (χ0) is 15.8. The normalized spacial score (nSPS) is 20.7. The second kappa shape index (κ2) is 5.64. The van der Waals surface area contributed by atoms with Gasteiger partial charge in [-0.05, 0) is 31.7 Å². The number of rotatable bonds is 4. The molecule has 7 nitrogen and oxygen atoms in total. The van der Waals surface area contributed by atoms with E-state index >= 15 is 0 Å². The second-order valence-corrected chi connectivity index (χ2v) is 6.00. The van der Waals surface area contributed by atoms with Crippen molar-refractivity contribution in [1.29, 1.82) is 0 Å². The highest BCUT2D eigenvalue weighted by atomic mass is 16.5. The summed E-state index contributed by atoms with van der Waals surface area (Å²) in [7, 11) is 1.57. The lowest BCUT2D eigenvalue weighted by Gasteiger charge is -2.21. The Labute approximate surface area is 133 Å². The fourth-order valence-electron chi connectivity index (χ4n) is 2.96. The Morgan fingerprint density at radius 1 is 1.39 bits per heavy atom. The van der Waals surface area contributed by atoms with Crippen LogP contribution in [0.5, 0.6) is 5.75 Å². The van der Waals surface area contributed by atoms with E-state index in [4.69, 9.17) is 9.26 Å². The van der Waals surface area contributed by atoms with Crippen molar-refractivity contribution < 1.29 is 14.1 Å². The smallest absolute Gasteiger partial charge is 0.273 e. The third-order valence-corrected chi connectivity index (χ3v) is 4.38. The van der Waals surface area contributed by atoms with Crippen LogP contribution in [-0.2, 0) is 0 Å². The summed E-state index contributed by atoms with van der Waals surface area (Å²) in [6, 6.07) is 3.25. The zero-order valence-electron chi connectivity index (χ0n) is 12.9. The van der Waals surface area contributed by atoms with Crippen molar-refractivity contribution in [3.63, 3.8) is 0 Å². The lowest BCUT2D eigenvalue weighted by Crippen LogP contribution is -2.31. The molecule has 0 radical (unpaired) electrons. The molecule has 23 heavy (non-hydrogen) atoms. The van der Waals surface area contributed by atoms with E-state index in [-0.39, 0.29) is 11.9 Å². The number of carbonyl (C=O) groups is 1. The monoisotopic (exact) mass is 314 g/mol. The molecule has 2 aromatic rings. The Hall–Kier alpha value is -2.44. The van der Waals surface area contributed by atoms with Gasteiger partial charge < -0.3 is 14.2 Å². The number of likely N-dealkylation sites (tertiary alicyclic amines) is 1. The highest BCUT2D eigenvalue weighted by Gasteiger charge is 2.36. The van der Waals surface area contributed by atoms with Crippen LogP contribution in [0.3, 0.4) is 0 Å². The van der Waals surface area contributed by atoms with Crippen molar-refractivity contribution in [3.05, 3.63) is 35.7 Å². The van der Waals surface area contributed by atoms with Gasteiger partial charge in [-0.2, -0.15) is 4.98 Å². The van der Waals surface area contributed by atoms with E-state index in [1.54, 1.807) is 30.3 Å². The highest BCUT2D eigenvalue weighted by molar-refractivity contribution is 5.93. The number of ether oxygens (including phenoxy) is 1. The van der Waals surface area contributed by atoms with Gasteiger partial charge in [0.25, 0.3) is 5.91 Å². The van der Waals surface area contributed by atoms with E-state index in [0.717, 1.165) is 25.7 Å². The average Bonchev–Trinajstić information content (AvgIpc) is 3.13. The van der Waals surface area contributed by atoms with E-state index in [1.165, 1.54) is 0 Å². The molecule has 1 saturated heterocycles. The molecule has 0 aromatic carbocycles. The molecule has 1 amide bonds. The molecule has 0 bridgehead atoms. The number of hydrogen-bond acceptors (Lipinski definition) is 6. The summed E-state index contributed by atoms with van der Waals surface area (Å²) < 4.78 is 10.5. The van der Waals surface area contributed by atoms with Gasteiger partial charge >= 0.3 is 0 Å². The first-order valence-electron chi connectivity index (χ1n) is 7.91. The van der Waals surface area contributed by atoms with E-state index < -0.39 is 0 Å². The first kappa shape index (κ1) is 14.2. The van der Waals surface area contributed by atoms with Gasteiger partial charge in [0.1, 0.15) is 11.4 Å². The number of amides is 1. The largest absolute Gasteiger partial charge is 0.497 e. The first-order valence-corrected chi connectivity index (χ1v) is 7.91. The van der Waals surface area contributed by atoms with Crippen LogP contribution in [0.15, 0.2) is 22.9 Å². The Kier molecular flexibility index (Phi) is 3.48. The van der Waals surface area contributed by atoms with Crippen LogP contribution in [0.2, 0.25) is 0 Å². The van der Waals surface area contributed by atoms with E-state index in [0.29, 0.717) is 35.6 Å². The Bertz CT molecular complexity index is 726. The molecule has 0 spiro atoms. The predicted octanol–water partition coefficient (Wildman–Crippen LogP) is 2.33. The van der Waals surface area contributed by atoms with E-state index in [1.807, 2.05) is 0 Å². The zero-order valence-corrected chi connectivity index (χ0v) is 12.9. The van der Waals surface area contributed by atoms with Gasteiger partial charge in [-0.15, -0.1) is 0 Å². The standard InChI is InChI=1S/C16H18N4O3/c1-22-11-6-7-17-12(9-11)16(21)20-8-2-3-13(20)14-18-15(23-19-14)10-4-5-10/h6-7,9-10,13H,2-5,8H2,1H3/t13-/m1/s1. The molecule has 1 saturated carbocycles. The summed E-state index contributed by atoms with van der Waals surface area (Å²) in [5.41, 5.74) is 0.377. The number of aromatic nitrogens is 3. The van der Waals surface area contributed by atoms with E-state index in [9.17, 15) is 4.79 Å². The van der Waals surface area contributed by atoms with Crippen molar-refractivity contribution >= 4 is 5.91 Å². The third kappa shape index (κ3) is 2.67. The minimum absolute atomic E-state index is 0.121. The van der Waals surface area contributed by atoms with Crippen molar-refractivity contribution in [2.45, 2.75) is 37.6 Å². The third-order valence-electron chi connectivity index (χ3n) is 4.38. The van der Waals surface area contributed by atoms with Crippen molar-refractivity contribution in [2.75, 3.05) is 13.7 Å². The minimum atomic E-state index is -0.133. The maximum atomic E-state index is 12.8. The molecule has 1 aliphatic carbocycles. The van der Waals surface area contributed by atoms with Gasteiger partial charge in [0.2, 0.25) is 5.89 Å². The molecule has 2 aromatic heterocycles. The maximum absolute atomic E-state index is 12.8. The molecule has 7 heteroatoms. The maximum Gasteiger partial charge on any atom is 0.273 e. The van der Waals surface area contributed by atoms with Crippen LogP contribution in [0.1, 0.15) is 59.8 Å². The van der Waals surface area contributed by atoms with Gasteiger partial charge in [0, 0.05) is 24.7 Å². The van der Waals surface area contributed by atoms with Crippen molar-refractivity contribution in [3.8, 4) is 5.75 Å². The van der Waals surface area contributed by atoms with Gasteiger partial charge in [0.05, 0.1) is 13.2 Å². The molecular weight excluding hydrogens is 296 g/mol. The number of nitrogens with zero attached hydrogens (tertiary/aromatic N) is 4. The van der Waals surface area contributed by atoms with Crippen LogP contribution >= 0.6 is 0 Å². The summed E-state index contributed by atoms with van der Waals surface area (Å²) in [4.78, 5) is 23.2. The summed E-state index contributed by atoms with van der Waals surface area (Å²) in [5, 5.41) is 4.09. The topological polar surface area (TPSA) is 81.4 Å². The molecule has 1 atom stereocenters. The summed E-state index contributed by atoms with van der Waals surface area (Å²) in [6.07, 6.45) is 5.58. The van der Waals surface area contributed by atoms with Crippen molar-refractivity contribution in [2.24, 2.45) is 0 Å². The SMILES string of the molecule is COc1ccnc(C(=O)N2CCC[C@@H]2c2noc(C3CC3)n2)c1. The quantitative estimate of drug-likeness (QED) is 0.861. The predicted molar refractivity (Wildman–Crippen MR) is 80.1 cm³/mol. The summed E-state index contributed by atoms with van der Waals surface area (Å²) >= 11 is 0. The fourth-order valence-corrected chi connectivity index (χ4v) is 2.96. The molecule has 2 fully saturated rings. The molecule has 0 unspecified atom stereocenters. The molecule has 3 heterocycles. The lowest BCUT2D eigenvalue weighted by atomic mass is 10.2. The average molecular weight is 314 g/mol. The van der Waals surface area contributed by atoms with Crippen LogP contribution in [0, 0.1) is 0 Å². The fraction of sp³-hybridized carbons (Fsp3) is 0.500. The molecule has 120 valence electrons. The second-order valence-electron chi connectivity index (χ2n) is 6.00. The van der Waals surface area contributed by atoms with Crippen LogP contribution < -0.4 is 4.74 Å². The summed E-state index contributed by atoms with van der Waals surface area (Å²) in [5.74, 6) is 2.24. The van der Waals surface area contributed by atoms with Crippen LogP contribution in [0.25, 0.3) is 0 Å². The Morgan fingerprint density at radius 3 is 3.04 bits per heavy atom. The minimum Gasteiger partial charge on any atom is -0.497 e. The highest BCUT2D eigenvalue weighted by Crippen LogP contribution is 2.40.